The molecule has 0 aliphatic carbocycles. The predicted octanol–water partition coefficient (Wildman–Crippen LogP) is 14.7. The molecule has 10 heteroatoms. The van der Waals surface area contributed by atoms with Gasteiger partial charge in [0.1, 0.15) is 17.2 Å². The minimum absolute atomic E-state index is 0.535. The standard InChI is InChI=1S/C61H55ClN4O3S2/c1-67-53-31-21-46(22-32-53)58(45-13-8-5-9-14-45)57(38-40-64-60(70)65-51-27-25-50(62)26-28-51)44-19-17-42(18-20-44)48-15-10-16-49(41-48)59(47-23-33-54(68-2)34-24-47)56(43-11-6-4-7-12-43)37-39-63-61(71)66-52-29-35-55(69-3)36-30-52/h4-36,41H,37-40H2,1-3H3,(H2,63,66,71)(H2,64,65,70)/b58-57-,59-56+. The SMILES string of the molecule is COc1ccc(NC(=S)NCC/C(=C(/c2ccc(OC)cc2)c2cccc(-c3ccc(/C(CCNC(=S)Nc4ccc(Cl)cc4)=C(/c4ccccc4)c4ccc(OC)cc4)cc3)c2)c2ccccc2)cc1. The van der Waals surface area contributed by atoms with E-state index in [-0.39, 0.29) is 0 Å². The van der Waals surface area contributed by atoms with Gasteiger partial charge in [0.2, 0.25) is 0 Å². The normalized spacial score (nSPS) is 11.6. The van der Waals surface area contributed by atoms with Gasteiger partial charge in [-0.25, -0.2) is 0 Å². The average Bonchev–Trinajstić information content (AvgIpc) is 3.42. The van der Waals surface area contributed by atoms with Gasteiger partial charge in [-0.15, -0.1) is 0 Å². The lowest BCUT2D eigenvalue weighted by Crippen LogP contribution is -2.29. The van der Waals surface area contributed by atoms with Crippen molar-refractivity contribution in [3.05, 3.63) is 245 Å². The van der Waals surface area contributed by atoms with Crippen molar-refractivity contribution in [3.8, 4) is 28.4 Å². The zero-order valence-corrected chi connectivity index (χ0v) is 42.3. The van der Waals surface area contributed by atoms with Crippen molar-refractivity contribution in [2.24, 2.45) is 0 Å². The van der Waals surface area contributed by atoms with Crippen LogP contribution in [-0.2, 0) is 0 Å². The van der Waals surface area contributed by atoms with Gasteiger partial charge in [0.15, 0.2) is 10.2 Å². The zero-order chi connectivity index (χ0) is 49.4. The number of ether oxygens (including phenoxy) is 3. The molecule has 8 rings (SSSR count). The van der Waals surface area contributed by atoms with Gasteiger partial charge in [0, 0.05) is 29.5 Å². The Balaban J connectivity index is 1.14. The third-order valence-electron chi connectivity index (χ3n) is 12.0. The van der Waals surface area contributed by atoms with Crippen molar-refractivity contribution in [2.45, 2.75) is 12.8 Å². The first-order valence-electron chi connectivity index (χ1n) is 23.3. The lowest BCUT2D eigenvalue weighted by Gasteiger charge is -2.20. The number of halogens is 1. The first kappa shape index (κ1) is 49.7. The number of thiocarbonyl (C=S) groups is 2. The molecular weight excluding hydrogens is 936 g/mol. The molecule has 4 N–H and O–H groups in total. The molecule has 0 unspecified atom stereocenters. The summed E-state index contributed by atoms with van der Waals surface area (Å²) in [6.07, 6.45) is 1.38. The van der Waals surface area contributed by atoms with Gasteiger partial charge < -0.3 is 35.5 Å². The fraction of sp³-hybridized carbons (Fsp3) is 0.115. The fourth-order valence-corrected chi connectivity index (χ4v) is 9.06. The molecule has 0 atom stereocenters. The van der Waals surface area contributed by atoms with E-state index in [4.69, 9.17) is 50.2 Å². The first-order chi connectivity index (χ1) is 34.8. The summed E-state index contributed by atoms with van der Waals surface area (Å²) in [4.78, 5) is 0. The molecule has 356 valence electrons. The van der Waals surface area contributed by atoms with Crippen molar-refractivity contribution < 1.29 is 14.2 Å². The van der Waals surface area contributed by atoms with Gasteiger partial charge in [-0.3, -0.25) is 0 Å². The number of methoxy groups -OCH3 is 3. The summed E-state index contributed by atoms with van der Waals surface area (Å²) in [5, 5.41) is 15.3. The fourth-order valence-electron chi connectivity index (χ4n) is 8.50. The Kier molecular flexibility index (Phi) is 17.3. The van der Waals surface area contributed by atoms with E-state index in [0.717, 1.165) is 84.3 Å². The molecule has 0 aliphatic heterocycles. The summed E-state index contributed by atoms with van der Waals surface area (Å²) in [5.74, 6) is 2.38. The Hall–Kier alpha value is -7.69. The highest BCUT2D eigenvalue weighted by Gasteiger charge is 2.18. The summed E-state index contributed by atoms with van der Waals surface area (Å²) in [5.41, 5.74) is 15.2. The Morgan fingerprint density at radius 1 is 0.394 bits per heavy atom. The van der Waals surface area contributed by atoms with Gasteiger partial charge >= 0.3 is 0 Å². The summed E-state index contributed by atoms with van der Waals surface area (Å²) >= 11 is 17.7. The van der Waals surface area contributed by atoms with Gasteiger partial charge in [0.25, 0.3) is 0 Å². The molecule has 0 fully saturated rings. The monoisotopic (exact) mass is 990 g/mol. The Morgan fingerprint density at radius 3 is 1.25 bits per heavy atom. The van der Waals surface area contributed by atoms with Gasteiger partial charge in [0.05, 0.1) is 21.3 Å². The van der Waals surface area contributed by atoms with Crippen LogP contribution in [0.15, 0.2) is 206 Å². The van der Waals surface area contributed by atoms with E-state index in [2.05, 4.69) is 149 Å². The van der Waals surface area contributed by atoms with Crippen molar-refractivity contribution in [1.29, 1.82) is 0 Å². The topological polar surface area (TPSA) is 75.8 Å². The second kappa shape index (κ2) is 24.7. The van der Waals surface area contributed by atoms with Crippen molar-refractivity contribution in [3.63, 3.8) is 0 Å². The molecule has 0 bridgehead atoms. The van der Waals surface area contributed by atoms with Crippen LogP contribution < -0.4 is 35.5 Å². The highest BCUT2D eigenvalue weighted by molar-refractivity contribution is 7.80. The zero-order valence-electron chi connectivity index (χ0n) is 39.9. The highest BCUT2D eigenvalue weighted by atomic mass is 35.5. The quantitative estimate of drug-likeness (QED) is 0.0497. The lowest BCUT2D eigenvalue weighted by atomic mass is 9.86. The molecule has 0 aliphatic rings. The van der Waals surface area contributed by atoms with Gasteiger partial charge in [-0.05, 0) is 183 Å². The maximum atomic E-state index is 6.14. The largest absolute Gasteiger partial charge is 0.497 e. The molecule has 0 radical (unpaired) electrons. The molecule has 0 heterocycles. The van der Waals surface area contributed by atoms with E-state index in [1.807, 2.05) is 78.9 Å². The van der Waals surface area contributed by atoms with Crippen LogP contribution in [0.4, 0.5) is 11.4 Å². The number of hydrogen-bond donors (Lipinski definition) is 4. The molecule has 71 heavy (non-hydrogen) atoms. The Labute approximate surface area is 433 Å². The maximum absolute atomic E-state index is 6.14. The van der Waals surface area contributed by atoms with Crippen LogP contribution in [0.1, 0.15) is 46.2 Å². The summed E-state index contributed by atoms with van der Waals surface area (Å²) < 4.78 is 16.5. The number of anilines is 2. The summed E-state index contributed by atoms with van der Waals surface area (Å²) in [6.45, 7) is 1.19. The van der Waals surface area contributed by atoms with E-state index >= 15 is 0 Å². The molecule has 8 aromatic rings. The molecule has 0 saturated carbocycles. The van der Waals surface area contributed by atoms with Crippen LogP contribution in [0, 0.1) is 0 Å². The lowest BCUT2D eigenvalue weighted by molar-refractivity contribution is 0.414. The smallest absolute Gasteiger partial charge is 0.170 e. The van der Waals surface area contributed by atoms with E-state index in [0.29, 0.717) is 41.2 Å². The third kappa shape index (κ3) is 13.3. The van der Waals surface area contributed by atoms with Gasteiger partial charge in [-0.2, -0.15) is 0 Å². The average molecular weight is 992 g/mol. The minimum atomic E-state index is 0.535. The Morgan fingerprint density at radius 2 is 0.775 bits per heavy atom. The minimum Gasteiger partial charge on any atom is -0.497 e. The number of rotatable bonds is 18. The molecule has 0 spiro atoms. The van der Waals surface area contributed by atoms with Crippen LogP contribution in [0.25, 0.3) is 33.4 Å². The maximum Gasteiger partial charge on any atom is 0.170 e. The third-order valence-corrected chi connectivity index (χ3v) is 12.8. The van der Waals surface area contributed by atoms with Crippen molar-refractivity contribution in [1.82, 2.24) is 10.6 Å². The second-order valence-electron chi connectivity index (χ2n) is 16.6. The van der Waals surface area contributed by atoms with E-state index < -0.39 is 0 Å². The molecular formula is C61H55ClN4O3S2. The summed E-state index contributed by atoms with van der Waals surface area (Å²) in [6, 6.07) is 70.7. The second-order valence-corrected chi connectivity index (χ2v) is 17.8. The van der Waals surface area contributed by atoms with Crippen LogP contribution in [0.2, 0.25) is 5.02 Å². The van der Waals surface area contributed by atoms with E-state index in [9.17, 15) is 0 Å². The van der Waals surface area contributed by atoms with Crippen LogP contribution in [0.3, 0.4) is 0 Å². The molecule has 7 nitrogen and oxygen atoms in total. The van der Waals surface area contributed by atoms with Crippen LogP contribution >= 0.6 is 36.0 Å². The van der Waals surface area contributed by atoms with E-state index in [1.54, 1.807) is 21.3 Å². The van der Waals surface area contributed by atoms with Gasteiger partial charge in [-0.1, -0.05) is 139 Å². The van der Waals surface area contributed by atoms with Crippen LogP contribution in [-0.4, -0.2) is 44.6 Å². The van der Waals surface area contributed by atoms with Crippen LogP contribution in [0.5, 0.6) is 17.2 Å². The first-order valence-corrected chi connectivity index (χ1v) is 24.5. The predicted molar refractivity (Wildman–Crippen MR) is 305 cm³/mol. The number of hydrogen-bond acceptors (Lipinski definition) is 5. The summed E-state index contributed by atoms with van der Waals surface area (Å²) in [7, 11) is 5.04. The molecule has 0 aromatic heterocycles. The number of benzene rings is 8. The molecule has 0 amide bonds. The highest BCUT2D eigenvalue weighted by Crippen LogP contribution is 2.39. The molecule has 0 saturated heterocycles. The number of nitrogens with one attached hydrogen (secondary N) is 4. The molecule has 8 aromatic carbocycles. The van der Waals surface area contributed by atoms with E-state index in [1.165, 1.54) is 11.1 Å². The van der Waals surface area contributed by atoms with Crippen molar-refractivity contribution in [2.75, 3.05) is 45.1 Å². The van der Waals surface area contributed by atoms with Crippen molar-refractivity contribution >= 4 is 79.9 Å². The Bertz CT molecular complexity index is 3090.